The number of nitrogens with two attached hydrogens (primary N) is 1. The van der Waals surface area contributed by atoms with Crippen LogP contribution in [0.15, 0.2) is 24.3 Å². The molecule has 0 unspecified atom stereocenters. The Morgan fingerprint density at radius 1 is 1.25 bits per heavy atom. The minimum absolute atomic E-state index is 0.282. The number of hydrogen-bond acceptors (Lipinski definition) is 5. The van der Waals surface area contributed by atoms with Crippen molar-refractivity contribution in [1.29, 1.82) is 0 Å². The van der Waals surface area contributed by atoms with E-state index in [9.17, 15) is 0 Å². The number of nitrogens with zero attached hydrogens (tertiary/aromatic N) is 4. The number of rotatable bonds is 1. The molecule has 0 aliphatic heterocycles. The summed E-state index contributed by atoms with van der Waals surface area (Å²) >= 11 is 7.48. The lowest BCUT2D eigenvalue weighted by Crippen LogP contribution is -1.94. The second kappa shape index (κ2) is 3.43. The quantitative estimate of drug-likeness (QED) is 0.719. The molecule has 2 aromatic heterocycles. The van der Waals surface area contributed by atoms with Gasteiger partial charge in [-0.3, -0.25) is 0 Å². The summed E-state index contributed by atoms with van der Waals surface area (Å²) in [5.41, 5.74) is 6.48. The van der Waals surface area contributed by atoms with Gasteiger partial charge < -0.3 is 5.73 Å². The summed E-state index contributed by atoms with van der Waals surface area (Å²) in [6.45, 7) is 0. The van der Waals surface area contributed by atoms with Gasteiger partial charge in [0, 0.05) is 5.56 Å². The molecule has 0 bridgehead atoms. The van der Waals surface area contributed by atoms with Crippen molar-refractivity contribution in [2.45, 2.75) is 0 Å². The number of benzene rings is 1. The monoisotopic (exact) mass is 251 g/mol. The maximum atomic E-state index is 6.08. The molecule has 0 aliphatic carbocycles. The highest BCUT2D eigenvalue weighted by molar-refractivity contribution is 7.19. The van der Waals surface area contributed by atoms with Crippen LogP contribution in [0.4, 0.5) is 5.95 Å². The first kappa shape index (κ1) is 9.56. The molecule has 7 heteroatoms. The fourth-order valence-electron chi connectivity index (χ4n) is 1.38. The molecule has 1 aromatic carbocycles. The fourth-order valence-corrected chi connectivity index (χ4v) is 2.54. The Kier molecular flexibility index (Phi) is 2.05. The van der Waals surface area contributed by atoms with Gasteiger partial charge in [0.2, 0.25) is 10.9 Å². The van der Waals surface area contributed by atoms with Crippen LogP contribution in [0.1, 0.15) is 0 Å². The lowest BCUT2D eigenvalue weighted by molar-refractivity contribution is 0.976. The normalized spacial score (nSPS) is 11.1. The summed E-state index contributed by atoms with van der Waals surface area (Å²) in [6, 6.07) is 7.51. The van der Waals surface area contributed by atoms with Crippen molar-refractivity contribution in [1.82, 2.24) is 19.8 Å². The number of aromatic nitrogens is 4. The van der Waals surface area contributed by atoms with Gasteiger partial charge in [-0.05, 0) is 6.07 Å². The molecule has 2 N–H and O–H groups in total. The number of halogens is 1. The van der Waals surface area contributed by atoms with Gasteiger partial charge in [-0.25, -0.2) is 0 Å². The van der Waals surface area contributed by atoms with Gasteiger partial charge in [-0.2, -0.15) is 9.61 Å². The molecule has 0 atom stereocenters. The molecule has 0 radical (unpaired) electrons. The molecular weight excluding hydrogens is 246 g/mol. The topological polar surface area (TPSA) is 69.1 Å². The largest absolute Gasteiger partial charge is 0.366 e. The highest BCUT2D eigenvalue weighted by atomic mass is 35.5. The van der Waals surface area contributed by atoms with E-state index < -0.39 is 0 Å². The second-order valence-corrected chi connectivity index (χ2v) is 4.50. The van der Waals surface area contributed by atoms with Gasteiger partial charge in [-0.15, -0.1) is 10.2 Å². The van der Waals surface area contributed by atoms with E-state index in [1.165, 1.54) is 15.9 Å². The van der Waals surface area contributed by atoms with Crippen LogP contribution in [0, 0.1) is 0 Å². The second-order valence-electron chi connectivity index (χ2n) is 3.14. The third kappa shape index (κ3) is 1.35. The zero-order valence-corrected chi connectivity index (χ0v) is 9.53. The molecule has 0 saturated heterocycles. The Morgan fingerprint density at radius 3 is 2.81 bits per heavy atom. The SMILES string of the molecule is Nc1nnc2sc(-c3ccccc3Cl)nn12. The summed E-state index contributed by atoms with van der Waals surface area (Å²) in [6.07, 6.45) is 0. The lowest BCUT2D eigenvalue weighted by atomic mass is 10.2. The molecule has 5 nitrogen and oxygen atoms in total. The molecular formula is C9H6ClN5S. The van der Waals surface area contributed by atoms with E-state index >= 15 is 0 Å². The molecule has 3 aromatic rings. The molecule has 0 aliphatic rings. The molecule has 3 rings (SSSR count). The van der Waals surface area contributed by atoms with E-state index in [4.69, 9.17) is 17.3 Å². The first-order valence-corrected chi connectivity index (χ1v) is 5.68. The molecule has 0 fully saturated rings. The van der Waals surface area contributed by atoms with Crippen molar-refractivity contribution in [3.63, 3.8) is 0 Å². The van der Waals surface area contributed by atoms with Gasteiger partial charge in [0.15, 0.2) is 0 Å². The average molecular weight is 252 g/mol. The summed E-state index contributed by atoms with van der Waals surface area (Å²) in [4.78, 5) is 0.660. The van der Waals surface area contributed by atoms with Crippen LogP contribution >= 0.6 is 22.9 Å². The lowest BCUT2D eigenvalue weighted by Gasteiger charge is -1.97. The molecule has 0 saturated carbocycles. The Labute approximate surface area is 99.5 Å². The Bertz CT molecular complexity index is 659. The number of fused-ring (bicyclic) bond motifs is 1. The summed E-state index contributed by atoms with van der Waals surface area (Å²) in [7, 11) is 0. The van der Waals surface area contributed by atoms with Crippen molar-refractivity contribution >= 4 is 33.8 Å². The third-order valence-electron chi connectivity index (χ3n) is 2.12. The maximum absolute atomic E-state index is 6.08. The van der Waals surface area contributed by atoms with Crippen LogP contribution < -0.4 is 5.73 Å². The molecule has 80 valence electrons. The highest BCUT2D eigenvalue weighted by Gasteiger charge is 2.12. The predicted octanol–water partition coefficient (Wildman–Crippen LogP) is 2.09. The van der Waals surface area contributed by atoms with Crippen LogP contribution in [-0.2, 0) is 0 Å². The van der Waals surface area contributed by atoms with Gasteiger partial charge in [0.25, 0.3) is 0 Å². The average Bonchev–Trinajstić information content (AvgIpc) is 2.82. The van der Waals surface area contributed by atoms with Crippen molar-refractivity contribution < 1.29 is 0 Å². The molecule has 0 spiro atoms. The van der Waals surface area contributed by atoms with Crippen LogP contribution in [-0.4, -0.2) is 19.8 Å². The van der Waals surface area contributed by atoms with E-state index in [-0.39, 0.29) is 5.95 Å². The van der Waals surface area contributed by atoms with Crippen LogP contribution in [0.2, 0.25) is 5.02 Å². The Hall–Kier alpha value is -1.66. The standard InChI is InChI=1S/C9H6ClN5S/c10-6-4-2-1-3-5(6)7-14-15-8(11)12-13-9(15)16-7/h1-4H,(H2,11,12). The number of hydrogen-bond donors (Lipinski definition) is 1. The van der Waals surface area contributed by atoms with Crippen molar-refractivity contribution in [2.24, 2.45) is 0 Å². The van der Waals surface area contributed by atoms with Crippen molar-refractivity contribution in [3.8, 4) is 10.6 Å². The van der Waals surface area contributed by atoms with E-state index in [1.807, 2.05) is 24.3 Å². The minimum atomic E-state index is 0.282. The van der Waals surface area contributed by atoms with E-state index in [0.717, 1.165) is 10.6 Å². The number of nitrogen functional groups attached to an aromatic ring is 1. The third-order valence-corrected chi connectivity index (χ3v) is 3.38. The van der Waals surface area contributed by atoms with Crippen LogP contribution in [0.5, 0.6) is 0 Å². The maximum Gasteiger partial charge on any atom is 0.244 e. The smallest absolute Gasteiger partial charge is 0.244 e. The van der Waals surface area contributed by atoms with Crippen LogP contribution in [0.3, 0.4) is 0 Å². The zero-order valence-electron chi connectivity index (χ0n) is 7.96. The summed E-state index contributed by atoms with van der Waals surface area (Å²) in [5.74, 6) is 0.282. The molecule has 0 amide bonds. The highest BCUT2D eigenvalue weighted by Crippen LogP contribution is 2.31. The Morgan fingerprint density at radius 2 is 2.06 bits per heavy atom. The minimum Gasteiger partial charge on any atom is -0.366 e. The molecule has 2 heterocycles. The van der Waals surface area contributed by atoms with Gasteiger partial charge in [0.1, 0.15) is 5.01 Å². The summed E-state index contributed by atoms with van der Waals surface area (Å²) in [5, 5.41) is 13.4. The first-order valence-electron chi connectivity index (χ1n) is 4.48. The van der Waals surface area contributed by atoms with Gasteiger partial charge in [0.05, 0.1) is 5.02 Å². The fraction of sp³-hybridized carbons (Fsp3) is 0. The van der Waals surface area contributed by atoms with Crippen molar-refractivity contribution in [3.05, 3.63) is 29.3 Å². The van der Waals surface area contributed by atoms with E-state index in [1.54, 1.807) is 0 Å². The molecule has 16 heavy (non-hydrogen) atoms. The zero-order chi connectivity index (χ0) is 11.1. The predicted molar refractivity (Wildman–Crippen MR) is 63.5 cm³/mol. The van der Waals surface area contributed by atoms with Gasteiger partial charge in [-0.1, -0.05) is 41.1 Å². The van der Waals surface area contributed by atoms with E-state index in [2.05, 4.69) is 15.3 Å². The van der Waals surface area contributed by atoms with Gasteiger partial charge >= 0.3 is 0 Å². The first-order chi connectivity index (χ1) is 7.75. The summed E-state index contributed by atoms with van der Waals surface area (Å²) < 4.78 is 1.50. The van der Waals surface area contributed by atoms with Crippen molar-refractivity contribution in [2.75, 3.05) is 5.73 Å². The van der Waals surface area contributed by atoms with Crippen LogP contribution in [0.25, 0.3) is 15.5 Å². The number of anilines is 1. The Balaban J connectivity index is 2.23. The van der Waals surface area contributed by atoms with E-state index in [0.29, 0.717) is 9.98 Å².